The molecule has 0 saturated heterocycles. The highest BCUT2D eigenvalue weighted by Crippen LogP contribution is 2.17. The molecule has 3 nitrogen and oxygen atoms in total. The van der Waals surface area contributed by atoms with Gasteiger partial charge in [-0.05, 0) is 30.8 Å². The van der Waals surface area contributed by atoms with Crippen molar-refractivity contribution in [3.05, 3.63) is 22.4 Å². The highest BCUT2D eigenvalue weighted by atomic mass is 32.1. The van der Waals surface area contributed by atoms with Gasteiger partial charge in [0.05, 0.1) is 6.54 Å². The van der Waals surface area contributed by atoms with E-state index in [1.807, 2.05) is 0 Å². The minimum atomic E-state index is 0.181. The van der Waals surface area contributed by atoms with Gasteiger partial charge in [0.15, 0.2) is 0 Å². The van der Waals surface area contributed by atoms with E-state index in [4.69, 9.17) is 0 Å². The molecule has 1 aromatic rings. The summed E-state index contributed by atoms with van der Waals surface area (Å²) in [7, 11) is 0. The lowest BCUT2D eigenvalue weighted by atomic mass is 10.2. The monoisotopic (exact) mass is 266 g/mol. The van der Waals surface area contributed by atoms with Gasteiger partial charge in [0.2, 0.25) is 5.91 Å². The number of amides is 1. The minimum absolute atomic E-state index is 0.181. The second-order valence-electron chi connectivity index (χ2n) is 4.93. The van der Waals surface area contributed by atoms with Crippen molar-refractivity contribution >= 4 is 17.2 Å². The van der Waals surface area contributed by atoms with Gasteiger partial charge in [0.25, 0.3) is 0 Å². The van der Waals surface area contributed by atoms with Crippen molar-refractivity contribution in [3.8, 4) is 0 Å². The van der Waals surface area contributed by atoms with Gasteiger partial charge >= 0.3 is 0 Å². The number of thiophene rings is 1. The number of carbonyl (C=O) groups is 1. The predicted molar refractivity (Wildman–Crippen MR) is 75.7 cm³/mol. The smallest absolute Gasteiger partial charge is 0.234 e. The number of likely N-dealkylation sites (N-methyl/N-ethyl adjacent to an activating group) is 1. The predicted octanol–water partition coefficient (Wildman–Crippen LogP) is 2.63. The molecule has 0 bridgehead atoms. The van der Waals surface area contributed by atoms with Gasteiger partial charge < -0.3 is 5.32 Å². The van der Waals surface area contributed by atoms with Gasteiger partial charge in [0, 0.05) is 17.5 Å². The third-order valence-corrected chi connectivity index (χ3v) is 4.36. The standard InChI is InChI=1S/C14H22N2OS/c1-2-16(10-13-8-5-9-18-13)11-14(17)15-12-6-3-4-7-12/h5,8-9,12H,2-4,6-7,10-11H2,1H3,(H,15,17). The Hall–Kier alpha value is -0.870. The van der Waals surface area contributed by atoms with Gasteiger partial charge in [-0.2, -0.15) is 0 Å². The molecule has 1 fully saturated rings. The van der Waals surface area contributed by atoms with E-state index in [9.17, 15) is 4.79 Å². The van der Waals surface area contributed by atoms with Gasteiger partial charge in [-0.25, -0.2) is 0 Å². The van der Waals surface area contributed by atoms with E-state index in [0.29, 0.717) is 12.6 Å². The van der Waals surface area contributed by atoms with Crippen molar-refractivity contribution in [1.29, 1.82) is 0 Å². The van der Waals surface area contributed by atoms with Gasteiger partial charge in [-0.1, -0.05) is 25.8 Å². The highest BCUT2D eigenvalue weighted by Gasteiger charge is 2.18. The fourth-order valence-corrected chi connectivity index (χ4v) is 3.20. The normalized spacial score (nSPS) is 16.3. The Kier molecular flexibility index (Phi) is 5.20. The number of rotatable bonds is 6. The number of hydrogen-bond donors (Lipinski definition) is 1. The summed E-state index contributed by atoms with van der Waals surface area (Å²) in [5.41, 5.74) is 0. The highest BCUT2D eigenvalue weighted by molar-refractivity contribution is 7.09. The molecular formula is C14H22N2OS. The van der Waals surface area contributed by atoms with E-state index in [-0.39, 0.29) is 5.91 Å². The van der Waals surface area contributed by atoms with Crippen LogP contribution in [0.4, 0.5) is 0 Å². The molecule has 1 heterocycles. The van der Waals surface area contributed by atoms with Crippen LogP contribution in [0.3, 0.4) is 0 Å². The Morgan fingerprint density at radius 3 is 2.89 bits per heavy atom. The van der Waals surface area contributed by atoms with Crippen LogP contribution in [-0.2, 0) is 11.3 Å². The molecule has 0 radical (unpaired) electrons. The Morgan fingerprint density at radius 1 is 1.50 bits per heavy atom. The summed E-state index contributed by atoms with van der Waals surface area (Å²) in [5.74, 6) is 0.181. The van der Waals surface area contributed by atoms with Crippen molar-refractivity contribution in [2.45, 2.75) is 45.2 Å². The van der Waals surface area contributed by atoms with Gasteiger partial charge in [-0.3, -0.25) is 9.69 Å². The van der Waals surface area contributed by atoms with Crippen LogP contribution in [0, 0.1) is 0 Å². The first-order valence-electron chi connectivity index (χ1n) is 6.82. The zero-order valence-electron chi connectivity index (χ0n) is 11.0. The molecule has 1 aliphatic carbocycles. The van der Waals surface area contributed by atoms with Crippen LogP contribution in [0.5, 0.6) is 0 Å². The third kappa shape index (κ3) is 4.10. The molecule has 2 rings (SSSR count). The summed E-state index contributed by atoms with van der Waals surface area (Å²) in [6.07, 6.45) is 4.83. The lowest BCUT2D eigenvalue weighted by Gasteiger charge is -2.20. The third-order valence-electron chi connectivity index (χ3n) is 3.49. The molecule has 18 heavy (non-hydrogen) atoms. The molecule has 1 aromatic heterocycles. The number of carbonyl (C=O) groups excluding carboxylic acids is 1. The molecule has 0 aromatic carbocycles. The van der Waals surface area contributed by atoms with E-state index in [1.54, 1.807) is 11.3 Å². The van der Waals surface area contributed by atoms with E-state index in [0.717, 1.165) is 25.9 Å². The van der Waals surface area contributed by atoms with Crippen molar-refractivity contribution in [2.75, 3.05) is 13.1 Å². The lowest BCUT2D eigenvalue weighted by Crippen LogP contribution is -2.40. The summed E-state index contributed by atoms with van der Waals surface area (Å²) >= 11 is 1.75. The van der Waals surface area contributed by atoms with Crippen LogP contribution in [0.25, 0.3) is 0 Å². The lowest BCUT2D eigenvalue weighted by molar-refractivity contribution is -0.123. The maximum Gasteiger partial charge on any atom is 0.234 e. The van der Waals surface area contributed by atoms with Crippen molar-refractivity contribution in [1.82, 2.24) is 10.2 Å². The summed E-state index contributed by atoms with van der Waals surface area (Å²) in [6.45, 7) is 4.42. The maximum absolute atomic E-state index is 11.9. The average molecular weight is 266 g/mol. The molecular weight excluding hydrogens is 244 g/mol. The second kappa shape index (κ2) is 6.90. The zero-order valence-corrected chi connectivity index (χ0v) is 11.8. The largest absolute Gasteiger partial charge is 0.352 e. The quantitative estimate of drug-likeness (QED) is 0.858. The fourth-order valence-electron chi connectivity index (χ4n) is 2.45. The van der Waals surface area contributed by atoms with Crippen LogP contribution >= 0.6 is 11.3 Å². The van der Waals surface area contributed by atoms with Crippen LogP contribution in [-0.4, -0.2) is 29.9 Å². The first-order valence-corrected chi connectivity index (χ1v) is 7.70. The summed E-state index contributed by atoms with van der Waals surface area (Å²) in [4.78, 5) is 15.5. The summed E-state index contributed by atoms with van der Waals surface area (Å²) < 4.78 is 0. The summed E-state index contributed by atoms with van der Waals surface area (Å²) in [5, 5.41) is 5.23. The minimum Gasteiger partial charge on any atom is -0.352 e. The number of hydrogen-bond acceptors (Lipinski definition) is 3. The van der Waals surface area contributed by atoms with Crippen LogP contribution in [0.2, 0.25) is 0 Å². The van der Waals surface area contributed by atoms with E-state index in [1.165, 1.54) is 17.7 Å². The Morgan fingerprint density at radius 2 is 2.28 bits per heavy atom. The Labute approximate surface area is 113 Å². The van der Waals surface area contributed by atoms with Gasteiger partial charge in [-0.15, -0.1) is 11.3 Å². The second-order valence-corrected chi connectivity index (χ2v) is 5.96. The Bertz CT molecular complexity index is 358. The van der Waals surface area contributed by atoms with Crippen LogP contribution < -0.4 is 5.32 Å². The van der Waals surface area contributed by atoms with Crippen molar-refractivity contribution in [3.63, 3.8) is 0 Å². The topological polar surface area (TPSA) is 32.3 Å². The van der Waals surface area contributed by atoms with Crippen LogP contribution in [0.1, 0.15) is 37.5 Å². The van der Waals surface area contributed by atoms with Crippen molar-refractivity contribution < 1.29 is 4.79 Å². The molecule has 4 heteroatoms. The van der Waals surface area contributed by atoms with Crippen molar-refractivity contribution in [2.24, 2.45) is 0 Å². The molecule has 0 spiro atoms. The first-order chi connectivity index (χ1) is 8.78. The fraction of sp³-hybridized carbons (Fsp3) is 0.643. The van der Waals surface area contributed by atoms with E-state index < -0.39 is 0 Å². The van der Waals surface area contributed by atoms with E-state index >= 15 is 0 Å². The van der Waals surface area contributed by atoms with Gasteiger partial charge in [0.1, 0.15) is 0 Å². The molecule has 0 unspecified atom stereocenters. The number of nitrogens with zero attached hydrogens (tertiary/aromatic N) is 1. The molecule has 100 valence electrons. The average Bonchev–Trinajstić information content (AvgIpc) is 3.01. The Balaban J connectivity index is 1.76. The molecule has 1 amide bonds. The SMILES string of the molecule is CCN(CC(=O)NC1CCCC1)Cc1cccs1. The zero-order chi connectivity index (χ0) is 12.8. The molecule has 0 aliphatic heterocycles. The summed E-state index contributed by atoms with van der Waals surface area (Å²) in [6, 6.07) is 4.62. The molecule has 1 saturated carbocycles. The molecule has 1 aliphatic rings. The maximum atomic E-state index is 11.9. The number of nitrogens with one attached hydrogen (secondary N) is 1. The first kappa shape index (κ1) is 13.6. The van der Waals surface area contributed by atoms with E-state index in [2.05, 4.69) is 34.7 Å². The van der Waals surface area contributed by atoms with Crippen LogP contribution in [0.15, 0.2) is 17.5 Å². The molecule has 1 N–H and O–H groups in total. The molecule has 0 atom stereocenters.